The number of aromatic nitrogens is 4. The number of rotatable bonds is 9. The molecule has 0 spiro atoms. The van der Waals surface area contributed by atoms with Crippen molar-refractivity contribution in [3.63, 3.8) is 0 Å². The van der Waals surface area contributed by atoms with Crippen LogP contribution in [0.15, 0.2) is 78.9 Å². The Morgan fingerprint density at radius 2 is 1.55 bits per heavy atom. The molecular formula is C23H23ClN5O2-. The van der Waals surface area contributed by atoms with Crippen LogP contribution in [-0.2, 0) is 13.1 Å². The van der Waals surface area contributed by atoms with E-state index in [0.717, 1.165) is 24.3 Å². The van der Waals surface area contributed by atoms with Gasteiger partial charge in [0.2, 0.25) is 0 Å². The Morgan fingerprint density at radius 1 is 0.839 bits per heavy atom. The molecule has 31 heavy (non-hydrogen) atoms. The van der Waals surface area contributed by atoms with E-state index in [1.165, 1.54) is 5.56 Å². The highest BCUT2D eigenvalue weighted by atomic mass is 35.5. The molecule has 0 saturated carbocycles. The third-order valence-corrected chi connectivity index (χ3v) is 4.45. The summed E-state index contributed by atoms with van der Waals surface area (Å²) in [5, 5.41) is 15.2. The van der Waals surface area contributed by atoms with E-state index in [1.54, 1.807) is 4.68 Å². The Bertz CT molecular complexity index is 1070. The van der Waals surface area contributed by atoms with Crippen LogP contribution in [0, 0.1) is 0 Å². The number of benzene rings is 3. The highest BCUT2D eigenvalue weighted by Crippen LogP contribution is 2.32. The summed E-state index contributed by atoms with van der Waals surface area (Å²) in [6.45, 7) is 3.99. The van der Waals surface area contributed by atoms with Gasteiger partial charge in [-0.05, 0) is 52.7 Å². The molecule has 7 nitrogen and oxygen atoms in total. The molecule has 0 radical (unpaired) electrons. The maximum Gasteiger partial charge on any atom is 0.346 e. The lowest BCUT2D eigenvalue weighted by Crippen LogP contribution is -3.00. The fraction of sp³-hybridized carbons (Fsp3) is 0.174. The van der Waals surface area contributed by atoms with Crippen molar-refractivity contribution in [3.05, 3.63) is 90.0 Å². The predicted octanol–water partition coefficient (Wildman–Crippen LogP) is 1.15. The predicted molar refractivity (Wildman–Crippen MR) is 114 cm³/mol. The second-order valence-electron chi connectivity index (χ2n) is 6.61. The van der Waals surface area contributed by atoms with Gasteiger partial charge in [0.15, 0.2) is 11.5 Å². The second kappa shape index (κ2) is 11.1. The summed E-state index contributed by atoms with van der Waals surface area (Å²) in [6, 6.07) is 26.1. The quantitative estimate of drug-likeness (QED) is 0.424. The molecule has 4 aromatic rings. The molecule has 0 aliphatic rings. The number of halogens is 1. The lowest BCUT2D eigenvalue weighted by atomic mass is 10.2. The molecule has 0 atom stereocenters. The van der Waals surface area contributed by atoms with Gasteiger partial charge in [-0.25, -0.2) is 0 Å². The van der Waals surface area contributed by atoms with Crippen LogP contribution >= 0.6 is 0 Å². The van der Waals surface area contributed by atoms with Crippen LogP contribution < -0.4 is 27.2 Å². The summed E-state index contributed by atoms with van der Waals surface area (Å²) in [6.07, 6.45) is 0. The molecule has 8 heteroatoms. The summed E-state index contributed by atoms with van der Waals surface area (Å²) >= 11 is 0. The summed E-state index contributed by atoms with van der Waals surface area (Å²) < 4.78 is 13.4. The molecule has 1 aromatic heterocycles. The molecule has 1 N–H and O–H groups in total. The Morgan fingerprint density at radius 3 is 2.29 bits per heavy atom. The minimum Gasteiger partial charge on any atom is -1.00 e. The van der Waals surface area contributed by atoms with Crippen molar-refractivity contribution in [2.75, 3.05) is 6.61 Å². The van der Waals surface area contributed by atoms with E-state index >= 15 is 0 Å². The highest BCUT2D eigenvalue weighted by Gasteiger charge is 2.14. The maximum atomic E-state index is 6.00. The normalized spacial score (nSPS) is 10.4. The topological polar surface area (TPSA) is 74.1 Å². The summed E-state index contributed by atoms with van der Waals surface area (Å²) in [7, 11) is 0. The van der Waals surface area contributed by atoms with Gasteiger partial charge in [0.25, 0.3) is 0 Å². The van der Waals surface area contributed by atoms with Crippen LogP contribution in [0.3, 0.4) is 0 Å². The van der Waals surface area contributed by atoms with Gasteiger partial charge in [0.1, 0.15) is 0 Å². The van der Waals surface area contributed by atoms with E-state index < -0.39 is 0 Å². The van der Waals surface area contributed by atoms with Crippen LogP contribution in [0.5, 0.6) is 17.5 Å². The number of ether oxygens (including phenoxy) is 2. The Balaban J connectivity index is 0.00000272. The van der Waals surface area contributed by atoms with E-state index in [0.29, 0.717) is 18.1 Å². The molecular weight excluding hydrogens is 414 g/mol. The van der Waals surface area contributed by atoms with Crippen LogP contribution in [0.4, 0.5) is 0 Å². The van der Waals surface area contributed by atoms with Crippen molar-refractivity contribution < 1.29 is 21.9 Å². The van der Waals surface area contributed by atoms with Gasteiger partial charge in [0, 0.05) is 13.1 Å². The minimum atomic E-state index is 0. The average Bonchev–Trinajstić information content (AvgIpc) is 3.25. The zero-order valence-corrected chi connectivity index (χ0v) is 17.9. The van der Waals surface area contributed by atoms with E-state index in [9.17, 15) is 0 Å². The van der Waals surface area contributed by atoms with E-state index in [4.69, 9.17) is 9.47 Å². The number of tetrazole rings is 1. The third kappa shape index (κ3) is 5.81. The molecule has 0 saturated heterocycles. The van der Waals surface area contributed by atoms with Gasteiger partial charge >= 0.3 is 6.01 Å². The van der Waals surface area contributed by atoms with Crippen LogP contribution in [-0.4, -0.2) is 26.8 Å². The van der Waals surface area contributed by atoms with Crippen molar-refractivity contribution >= 4 is 0 Å². The summed E-state index contributed by atoms with van der Waals surface area (Å²) in [4.78, 5) is 0. The van der Waals surface area contributed by atoms with Gasteiger partial charge in [0.05, 0.1) is 12.3 Å². The molecule has 0 bridgehead atoms. The first-order valence-electron chi connectivity index (χ1n) is 9.85. The molecule has 160 valence electrons. The fourth-order valence-electron chi connectivity index (χ4n) is 3.03. The Labute approximate surface area is 187 Å². The fourth-order valence-corrected chi connectivity index (χ4v) is 3.03. The number of hydrogen-bond acceptors (Lipinski definition) is 6. The molecule has 0 fully saturated rings. The van der Waals surface area contributed by atoms with Crippen molar-refractivity contribution in [1.29, 1.82) is 0 Å². The Hall–Kier alpha value is -3.42. The standard InChI is InChI=1S/C23H23N5O2.ClH/c1-2-29-22-15-19(17-24-16-18-9-5-3-6-10-18)13-14-21(22)30-23-25-26-27-28(23)20-11-7-4-8-12-20;/h3-15,24H,2,16-17H2,1H3;1H/p-1. The number of para-hydroxylation sites is 1. The maximum absolute atomic E-state index is 6.00. The molecule has 4 rings (SSSR count). The lowest BCUT2D eigenvalue weighted by molar-refractivity contribution is -0.00000723. The molecule has 1 heterocycles. The highest BCUT2D eigenvalue weighted by molar-refractivity contribution is 5.45. The van der Waals surface area contributed by atoms with E-state index in [2.05, 4.69) is 33.0 Å². The smallest absolute Gasteiger partial charge is 0.346 e. The second-order valence-corrected chi connectivity index (χ2v) is 6.61. The van der Waals surface area contributed by atoms with Crippen LogP contribution in [0.1, 0.15) is 18.1 Å². The van der Waals surface area contributed by atoms with Gasteiger partial charge in [-0.3, -0.25) is 0 Å². The van der Waals surface area contributed by atoms with Gasteiger partial charge < -0.3 is 27.2 Å². The lowest BCUT2D eigenvalue weighted by Gasteiger charge is -2.13. The third-order valence-electron chi connectivity index (χ3n) is 4.45. The Kier molecular flexibility index (Phi) is 7.98. The minimum absolute atomic E-state index is 0. The number of nitrogens with zero attached hydrogens (tertiary/aromatic N) is 4. The van der Waals surface area contributed by atoms with Gasteiger partial charge in [-0.1, -0.05) is 59.7 Å². The number of hydrogen-bond donors (Lipinski definition) is 1. The van der Waals surface area contributed by atoms with Crippen molar-refractivity contribution in [2.24, 2.45) is 0 Å². The first-order chi connectivity index (χ1) is 14.8. The average molecular weight is 437 g/mol. The van der Waals surface area contributed by atoms with Gasteiger partial charge in [-0.15, -0.1) is 0 Å². The number of nitrogens with one attached hydrogen (secondary N) is 1. The SMILES string of the molecule is CCOc1cc(CNCc2ccccc2)ccc1Oc1nnnn1-c1ccccc1.[Cl-]. The molecule has 0 aliphatic heterocycles. The first kappa shape index (κ1) is 22.3. The zero-order valence-electron chi connectivity index (χ0n) is 17.1. The molecule has 0 aliphatic carbocycles. The summed E-state index contributed by atoms with van der Waals surface area (Å²) in [5.41, 5.74) is 3.16. The molecule has 3 aromatic carbocycles. The molecule has 0 amide bonds. The van der Waals surface area contributed by atoms with Crippen molar-refractivity contribution in [3.8, 4) is 23.2 Å². The van der Waals surface area contributed by atoms with Crippen LogP contribution in [0.25, 0.3) is 5.69 Å². The van der Waals surface area contributed by atoms with Crippen LogP contribution in [0.2, 0.25) is 0 Å². The van der Waals surface area contributed by atoms with Crippen molar-refractivity contribution in [1.82, 2.24) is 25.5 Å². The van der Waals surface area contributed by atoms with E-state index in [1.807, 2.05) is 73.7 Å². The summed E-state index contributed by atoms with van der Waals surface area (Å²) in [5.74, 6) is 1.22. The first-order valence-corrected chi connectivity index (χ1v) is 9.85. The largest absolute Gasteiger partial charge is 1.00 e. The monoisotopic (exact) mass is 436 g/mol. The van der Waals surface area contributed by atoms with Crippen molar-refractivity contribution in [2.45, 2.75) is 20.0 Å². The zero-order chi connectivity index (χ0) is 20.6. The van der Waals surface area contributed by atoms with Gasteiger partial charge in [-0.2, -0.15) is 4.68 Å². The molecule has 0 unspecified atom stereocenters. The van der Waals surface area contributed by atoms with E-state index in [-0.39, 0.29) is 18.4 Å².